The van der Waals surface area contributed by atoms with E-state index in [0.717, 1.165) is 43.9 Å². The average molecular weight is 460 g/mol. The summed E-state index contributed by atoms with van der Waals surface area (Å²) in [7, 11) is 0. The second-order valence-electron chi connectivity index (χ2n) is 7.87. The van der Waals surface area contributed by atoms with Crippen molar-refractivity contribution in [2.75, 3.05) is 31.6 Å². The number of carbonyl (C=O) groups is 1. The van der Waals surface area contributed by atoms with Crippen molar-refractivity contribution in [1.82, 2.24) is 35.3 Å². The van der Waals surface area contributed by atoms with E-state index < -0.39 is 0 Å². The fraction of sp³-hybridized carbons (Fsp3) is 0.261. The molecule has 11 heteroatoms. The number of benzene rings is 1. The first kappa shape index (κ1) is 21.7. The number of H-pyrrole nitrogens is 3. The number of hydrogen-bond donors (Lipinski definition) is 4. The van der Waals surface area contributed by atoms with Crippen LogP contribution in [-0.2, 0) is 11.3 Å². The maximum atomic E-state index is 12.9. The van der Waals surface area contributed by atoms with Gasteiger partial charge < -0.3 is 15.0 Å². The Morgan fingerprint density at radius 3 is 2.94 bits per heavy atom. The lowest BCUT2D eigenvalue weighted by Crippen LogP contribution is -2.35. The number of nitrogens with one attached hydrogen (secondary N) is 4. The first-order chi connectivity index (χ1) is 16.7. The molecule has 0 bridgehead atoms. The van der Waals surface area contributed by atoms with E-state index in [2.05, 4.69) is 57.7 Å². The van der Waals surface area contributed by atoms with Gasteiger partial charge in [0.25, 0.3) is 5.91 Å². The molecule has 3 aromatic heterocycles. The second-order valence-corrected chi connectivity index (χ2v) is 7.87. The van der Waals surface area contributed by atoms with Gasteiger partial charge in [-0.2, -0.15) is 10.2 Å². The van der Waals surface area contributed by atoms with Gasteiger partial charge in [0.1, 0.15) is 11.3 Å². The van der Waals surface area contributed by atoms with Crippen LogP contribution in [0.15, 0.2) is 47.7 Å². The van der Waals surface area contributed by atoms with Crippen molar-refractivity contribution in [2.45, 2.75) is 13.5 Å². The lowest BCUT2D eigenvalue weighted by atomic mass is 10.2. The molecule has 0 unspecified atom stereocenters. The number of aromatic amines is 3. The van der Waals surface area contributed by atoms with Gasteiger partial charge in [-0.15, -0.1) is 0 Å². The molecule has 1 aromatic carbocycles. The van der Waals surface area contributed by atoms with Crippen molar-refractivity contribution < 1.29 is 9.53 Å². The number of aromatic nitrogens is 6. The molecular formula is C23H25N9O2. The molecule has 4 heterocycles. The number of carbonyl (C=O) groups excluding carboxylic acids is 1. The summed E-state index contributed by atoms with van der Waals surface area (Å²) in [6.45, 7) is 6.16. The van der Waals surface area contributed by atoms with E-state index >= 15 is 0 Å². The molecule has 0 saturated carbocycles. The monoisotopic (exact) mass is 459 g/mol. The zero-order chi connectivity index (χ0) is 23.3. The summed E-state index contributed by atoms with van der Waals surface area (Å²) in [4.78, 5) is 27.5. The lowest BCUT2D eigenvalue weighted by Gasteiger charge is -2.26. The molecule has 0 radical (unpaired) electrons. The molecule has 4 aromatic rings. The number of rotatable bonds is 7. The summed E-state index contributed by atoms with van der Waals surface area (Å²) < 4.78 is 5.43. The normalized spacial score (nSPS) is 15.1. The molecule has 1 aliphatic rings. The minimum absolute atomic E-state index is 0.324. The number of nitrogens with zero attached hydrogens (tertiary/aromatic N) is 5. The number of fused-ring (bicyclic) bond motifs is 1. The minimum atomic E-state index is -0.354. The Labute approximate surface area is 195 Å². The van der Waals surface area contributed by atoms with E-state index in [1.54, 1.807) is 18.5 Å². The molecule has 4 N–H and O–H groups in total. The predicted octanol–water partition coefficient (Wildman–Crippen LogP) is 3.04. The van der Waals surface area contributed by atoms with Gasteiger partial charge in [0.05, 0.1) is 42.3 Å². The summed E-state index contributed by atoms with van der Waals surface area (Å²) in [5, 5.41) is 16.6. The maximum absolute atomic E-state index is 12.9. The smallest absolute Gasteiger partial charge is 0.261 e. The Balaban J connectivity index is 1.35. The van der Waals surface area contributed by atoms with Crippen LogP contribution in [0.2, 0.25) is 0 Å². The molecule has 11 nitrogen and oxygen atoms in total. The first-order valence-corrected chi connectivity index (χ1v) is 11.0. The lowest BCUT2D eigenvalue weighted by molar-refractivity contribution is 0.0342. The molecule has 0 atom stereocenters. The Morgan fingerprint density at radius 2 is 2.09 bits per heavy atom. The molecule has 1 aliphatic heterocycles. The number of imidazole rings is 1. The van der Waals surface area contributed by atoms with Crippen molar-refractivity contribution in [2.24, 2.45) is 4.99 Å². The second kappa shape index (κ2) is 9.81. The Kier molecular flexibility index (Phi) is 6.27. The number of morpholine rings is 1. The summed E-state index contributed by atoms with van der Waals surface area (Å²) >= 11 is 0. The number of amides is 1. The topological polar surface area (TPSA) is 140 Å². The van der Waals surface area contributed by atoms with Crippen LogP contribution in [-0.4, -0.2) is 73.7 Å². The standard InChI is InChI=1S/C23H25N9O2/c1-2-3-6-24-21-16(12-25-31-21)23(33)29-19-13-26-30-20(19)22-27-17-5-4-15(11-18(17)28-22)14-32-7-9-34-10-8-32/h2-6,11-13H,7-10,14H2,1H3,(H,25,31)(H,26,30)(H,27,28)(H,29,33)/b3-2-,24-6?. The van der Waals surface area contributed by atoms with Crippen molar-refractivity contribution in [1.29, 1.82) is 0 Å². The number of ether oxygens (including phenoxy) is 1. The zero-order valence-electron chi connectivity index (χ0n) is 18.7. The van der Waals surface area contributed by atoms with Crippen LogP contribution in [0.3, 0.4) is 0 Å². The fourth-order valence-electron chi connectivity index (χ4n) is 3.79. The van der Waals surface area contributed by atoms with Crippen LogP contribution in [0, 0.1) is 0 Å². The van der Waals surface area contributed by atoms with Crippen LogP contribution in [0.5, 0.6) is 0 Å². The van der Waals surface area contributed by atoms with Gasteiger partial charge >= 0.3 is 0 Å². The highest BCUT2D eigenvalue weighted by Gasteiger charge is 2.19. The van der Waals surface area contributed by atoms with Crippen LogP contribution in [0.4, 0.5) is 11.5 Å². The fourth-order valence-corrected chi connectivity index (χ4v) is 3.79. The number of allylic oxidation sites excluding steroid dienone is 2. The van der Waals surface area contributed by atoms with Gasteiger partial charge in [-0.05, 0) is 30.7 Å². The van der Waals surface area contributed by atoms with Crippen molar-refractivity contribution in [3.8, 4) is 11.5 Å². The predicted molar refractivity (Wildman–Crippen MR) is 129 cm³/mol. The van der Waals surface area contributed by atoms with E-state index in [1.807, 2.05) is 19.1 Å². The highest BCUT2D eigenvalue weighted by atomic mass is 16.5. The third-order valence-electron chi connectivity index (χ3n) is 5.53. The van der Waals surface area contributed by atoms with Crippen LogP contribution in [0.1, 0.15) is 22.8 Å². The van der Waals surface area contributed by atoms with E-state index in [-0.39, 0.29) is 5.91 Å². The van der Waals surface area contributed by atoms with Gasteiger partial charge in [-0.25, -0.2) is 9.98 Å². The summed E-state index contributed by atoms with van der Waals surface area (Å²) in [5.41, 5.74) is 4.37. The highest BCUT2D eigenvalue weighted by Crippen LogP contribution is 2.27. The molecule has 0 spiro atoms. The van der Waals surface area contributed by atoms with Gasteiger partial charge in [0.2, 0.25) is 0 Å². The van der Waals surface area contributed by atoms with Crippen molar-refractivity contribution >= 4 is 34.7 Å². The molecule has 1 saturated heterocycles. The van der Waals surface area contributed by atoms with Crippen molar-refractivity contribution in [3.63, 3.8) is 0 Å². The molecule has 5 rings (SSSR count). The maximum Gasteiger partial charge on any atom is 0.261 e. The quantitative estimate of drug-likeness (QED) is 0.313. The molecular weight excluding hydrogens is 434 g/mol. The van der Waals surface area contributed by atoms with Crippen molar-refractivity contribution in [3.05, 3.63) is 53.9 Å². The van der Waals surface area contributed by atoms with Gasteiger partial charge in [0, 0.05) is 25.8 Å². The third kappa shape index (κ3) is 4.65. The number of anilines is 1. The zero-order valence-corrected chi connectivity index (χ0v) is 18.7. The van der Waals surface area contributed by atoms with E-state index in [9.17, 15) is 4.79 Å². The summed E-state index contributed by atoms with van der Waals surface area (Å²) in [6, 6.07) is 6.20. The van der Waals surface area contributed by atoms with E-state index in [1.165, 1.54) is 11.8 Å². The minimum Gasteiger partial charge on any atom is -0.379 e. The van der Waals surface area contributed by atoms with E-state index in [4.69, 9.17) is 4.74 Å². The van der Waals surface area contributed by atoms with Crippen LogP contribution >= 0.6 is 0 Å². The average Bonchev–Trinajstić information content (AvgIpc) is 3.59. The summed E-state index contributed by atoms with van der Waals surface area (Å²) in [6.07, 6.45) is 8.19. The summed E-state index contributed by atoms with van der Waals surface area (Å²) in [5.74, 6) is 0.606. The van der Waals surface area contributed by atoms with Crippen LogP contribution in [0.25, 0.3) is 22.6 Å². The first-order valence-electron chi connectivity index (χ1n) is 11.0. The molecule has 1 amide bonds. The largest absolute Gasteiger partial charge is 0.379 e. The van der Waals surface area contributed by atoms with Gasteiger partial charge in [0.15, 0.2) is 11.6 Å². The number of aliphatic imine (C=N–C) groups is 1. The SMILES string of the molecule is C/C=C\C=Nc1[nH]ncc1C(=O)Nc1cn[nH]c1-c1nc2ccc(CN3CCOCC3)cc2[nH]1. The third-order valence-corrected chi connectivity index (χ3v) is 5.53. The Bertz CT molecular complexity index is 1340. The Morgan fingerprint density at radius 1 is 1.24 bits per heavy atom. The molecule has 174 valence electrons. The van der Waals surface area contributed by atoms with Crippen LogP contribution < -0.4 is 5.32 Å². The van der Waals surface area contributed by atoms with Gasteiger partial charge in [-0.3, -0.25) is 19.9 Å². The molecule has 1 fully saturated rings. The Hall–Kier alpha value is -4.09. The van der Waals surface area contributed by atoms with Gasteiger partial charge in [-0.1, -0.05) is 12.1 Å². The molecule has 34 heavy (non-hydrogen) atoms. The van der Waals surface area contributed by atoms with E-state index in [0.29, 0.717) is 28.6 Å². The molecule has 0 aliphatic carbocycles. The number of hydrogen-bond acceptors (Lipinski definition) is 7. The highest BCUT2D eigenvalue weighted by molar-refractivity contribution is 6.08.